The fourth-order valence-corrected chi connectivity index (χ4v) is 3.31. The monoisotopic (exact) mass is 377 g/mol. The number of fused-ring (bicyclic) bond motifs is 1. The predicted molar refractivity (Wildman–Crippen MR) is 113 cm³/mol. The maximum absolute atomic E-state index is 12.6. The van der Waals surface area contributed by atoms with Crippen molar-refractivity contribution < 1.29 is 4.79 Å². The first-order valence-corrected chi connectivity index (χ1v) is 9.74. The average Bonchev–Trinajstić information content (AvgIpc) is 2.68. The molecule has 0 spiro atoms. The van der Waals surface area contributed by atoms with Crippen molar-refractivity contribution >= 4 is 16.9 Å². The third-order valence-electron chi connectivity index (χ3n) is 5.09. The van der Waals surface area contributed by atoms with Gasteiger partial charge in [-0.25, -0.2) is 4.98 Å². The Labute approximate surface area is 165 Å². The van der Waals surface area contributed by atoms with Crippen LogP contribution < -0.4 is 10.9 Å². The van der Waals surface area contributed by atoms with Crippen LogP contribution in [-0.2, 0) is 17.8 Å². The van der Waals surface area contributed by atoms with Crippen LogP contribution in [0.15, 0.2) is 47.3 Å². The first kappa shape index (κ1) is 19.8. The third kappa shape index (κ3) is 4.66. The molecule has 1 N–H and O–H groups in total. The number of amides is 1. The van der Waals surface area contributed by atoms with Gasteiger partial charge in [0.15, 0.2) is 0 Å². The molecule has 28 heavy (non-hydrogen) atoms. The van der Waals surface area contributed by atoms with Crippen LogP contribution >= 0.6 is 0 Å². The molecule has 5 nitrogen and oxygen atoms in total. The van der Waals surface area contributed by atoms with Crippen molar-refractivity contribution in [1.29, 1.82) is 0 Å². The fourth-order valence-electron chi connectivity index (χ4n) is 3.31. The van der Waals surface area contributed by atoms with Gasteiger partial charge in [-0.1, -0.05) is 30.3 Å². The van der Waals surface area contributed by atoms with Crippen LogP contribution in [0.1, 0.15) is 35.2 Å². The van der Waals surface area contributed by atoms with Crippen molar-refractivity contribution in [2.75, 3.05) is 6.54 Å². The van der Waals surface area contributed by atoms with Crippen molar-refractivity contribution in [1.82, 2.24) is 14.9 Å². The quantitative estimate of drug-likeness (QED) is 0.641. The highest BCUT2D eigenvalue weighted by atomic mass is 16.1. The minimum Gasteiger partial charge on any atom is -0.356 e. The predicted octanol–water partition coefficient (Wildman–Crippen LogP) is 3.46. The van der Waals surface area contributed by atoms with Gasteiger partial charge >= 0.3 is 0 Å². The van der Waals surface area contributed by atoms with Gasteiger partial charge in [0.2, 0.25) is 5.91 Å². The molecule has 0 radical (unpaired) electrons. The van der Waals surface area contributed by atoms with Crippen molar-refractivity contribution in [2.24, 2.45) is 0 Å². The van der Waals surface area contributed by atoms with Crippen molar-refractivity contribution in [2.45, 2.75) is 46.6 Å². The number of hydrogen-bond acceptors (Lipinski definition) is 3. The maximum atomic E-state index is 12.6. The van der Waals surface area contributed by atoms with Gasteiger partial charge in [-0.3, -0.25) is 9.59 Å². The van der Waals surface area contributed by atoms with Gasteiger partial charge in [-0.15, -0.1) is 0 Å². The molecular weight excluding hydrogens is 350 g/mol. The van der Waals surface area contributed by atoms with Crippen molar-refractivity contribution in [3.8, 4) is 0 Å². The van der Waals surface area contributed by atoms with Crippen LogP contribution in [0.3, 0.4) is 0 Å². The topological polar surface area (TPSA) is 64.0 Å². The number of hydrogen-bond donors (Lipinski definition) is 1. The maximum Gasteiger partial charge on any atom is 0.272 e. The number of aryl methyl sites for hydroxylation is 5. The Bertz CT molecular complexity index is 1040. The number of aromatic nitrogens is 2. The Morgan fingerprint density at radius 1 is 1.07 bits per heavy atom. The lowest BCUT2D eigenvalue weighted by Crippen LogP contribution is -2.29. The van der Waals surface area contributed by atoms with Crippen molar-refractivity contribution in [3.63, 3.8) is 0 Å². The highest BCUT2D eigenvalue weighted by molar-refractivity contribution is 5.78. The summed E-state index contributed by atoms with van der Waals surface area (Å²) in [6.45, 7) is 6.76. The Kier molecular flexibility index (Phi) is 6.24. The van der Waals surface area contributed by atoms with Crippen LogP contribution in [0.2, 0.25) is 0 Å². The Balaban J connectivity index is 1.61. The molecule has 1 amide bonds. The molecule has 0 bridgehead atoms. The molecule has 0 unspecified atom stereocenters. The summed E-state index contributed by atoms with van der Waals surface area (Å²) < 4.78 is 1.67. The first-order valence-electron chi connectivity index (χ1n) is 9.74. The molecule has 0 aliphatic rings. The lowest BCUT2D eigenvalue weighted by molar-refractivity contribution is -0.121. The highest BCUT2D eigenvalue weighted by Gasteiger charge is 2.11. The van der Waals surface area contributed by atoms with Crippen LogP contribution in [0, 0.1) is 20.8 Å². The van der Waals surface area contributed by atoms with Crippen LogP contribution in [0.4, 0.5) is 0 Å². The molecular formula is C23H27N3O2. The van der Waals surface area contributed by atoms with Gasteiger partial charge in [0.1, 0.15) is 5.69 Å². The molecule has 1 aromatic heterocycles. The van der Waals surface area contributed by atoms with E-state index in [1.54, 1.807) is 11.5 Å². The average molecular weight is 377 g/mol. The van der Waals surface area contributed by atoms with E-state index in [9.17, 15) is 9.59 Å². The lowest BCUT2D eigenvalue weighted by atomic mass is 10.1. The Hall–Kier alpha value is -2.95. The van der Waals surface area contributed by atoms with Crippen LogP contribution in [-0.4, -0.2) is 22.0 Å². The molecule has 5 heteroatoms. The zero-order chi connectivity index (χ0) is 20.1. The second kappa shape index (κ2) is 8.83. The zero-order valence-corrected chi connectivity index (χ0v) is 16.8. The van der Waals surface area contributed by atoms with E-state index in [-0.39, 0.29) is 17.9 Å². The van der Waals surface area contributed by atoms with E-state index in [1.807, 2.05) is 44.2 Å². The van der Waals surface area contributed by atoms with Gasteiger partial charge in [-0.2, -0.15) is 0 Å². The second-order valence-electron chi connectivity index (χ2n) is 7.27. The van der Waals surface area contributed by atoms with Gasteiger partial charge in [0.25, 0.3) is 5.56 Å². The fraction of sp³-hybridized carbons (Fsp3) is 0.348. The van der Waals surface area contributed by atoms with E-state index < -0.39 is 0 Å². The van der Waals surface area contributed by atoms with E-state index in [0.29, 0.717) is 18.8 Å². The molecule has 2 aromatic carbocycles. The Morgan fingerprint density at radius 3 is 2.54 bits per heavy atom. The standard InChI is InChI=1S/C23H27N3O2/c1-16-14-20-21(15-17(16)2)26(23(28)18(3)25-20)13-11-22(27)24-12-7-10-19-8-5-4-6-9-19/h4-6,8-9,14-15H,7,10-13H2,1-3H3,(H,24,27). The van der Waals surface area contributed by atoms with Gasteiger partial charge in [-0.05, 0) is 62.4 Å². The summed E-state index contributed by atoms with van der Waals surface area (Å²) in [6.07, 6.45) is 2.11. The molecule has 0 saturated heterocycles. The van der Waals surface area contributed by atoms with E-state index >= 15 is 0 Å². The number of benzene rings is 2. The lowest BCUT2D eigenvalue weighted by Gasteiger charge is -2.13. The number of rotatable bonds is 7. The molecule has 0 fully saturated rings. The van der Waals surface area contributed by atoms with E-state index in [2.05, 4.69) is 22.4 Å². The molecule has 3 rings (SSSR count). The third-order valence-corrected chi connectivity index (χ3v) is 5.09. The van der Waals surface area contributed by atoms with Crippen molar-refractivity contribution in [3.05, 3.63) is 75.2 Å². The molecule has 3 aromatic rings. The van der Waals surface area contributed by atoms with Gasteiger partial charge in [0.05, 0.1) is 11.0 Å². The van der Waals surface area contributed by atoms with E-state index in [4.69, 9.17) is 0 Å². The van der Waals surface area contributed by atoms with E-state index in [0.717, 1.165) is 35.0 Å². The summed E-state index contributed by atoms with van der Waals surface area (Å²) in [5, 5.41) is 2.96. The summed E-state index contributed by atoms with van der Waals surface area (Å²) in [7, 11) is 0. The molecule has 0 saturated carbocycles. The number of carbonyl (C=O) groups excluding carboxylic acids is 1. The highest BCUT2D eigenvalue weighted by Crippen LogP contribution is 2.17. The molecule has 0 atom stereocenters. The zero-order valence-electron chi connectivity index (χ0n) is 16.8. The smallest absolute Gasteiger partial charge is 0.272 e. The second-order valence-corrected chi connectivity index (χ2v) is 7.27. The molecule has 0 aliphatic heterocycles. The van der Waals surface area contributed by atoms with Crippen LogP contribution in [0.25, 0.3) is 11.0 Å². The molecule has 1 heterocycles. The Morgan fingerprint density at radius 2 is 1.79 bits per heavy atom. The van der Waals surface area contributed by atoms with Gasteiger partial charge < -0.3 is 9.88 Å². The summed E-state index contributed by atoms with van der Waals surface area (Å²) in [5.41, 5.74) is 5.43. The van der Waals surface area contributed by atoms with E-state index in [1.165, 1.54) is 5.56 Å². The SMILES string of the molecule is Cc1cc2nc(C)c(=O)n(CCC(=O)NCCCc3ccccc3)c2cc1C. The number of nitrogens with one attached hydrogen (secondary N) is 1. The molecule has 146 valence electrons. The van der Waals surface area contributed by atoms with Crippen LogP contribution in [0.5, 0.6) is 0 Å². The minimum atomic E-state index is -0.132. The number of carbonyl (C=O) groups is 1. The normalized spacial score (nSPS) is 11.0. The summed E-state index contributed by atoms with van der Waals surface area (Å²) in [4.78, 5) is 29.2. The summed E-state index contributed by atoms with van der Waals surface area (Å²) >= 11 is 0. The largest absolute Gasteiger partial charge is 0.356 e. The summed E-state index contributed by atoms with van der Waals surface area (Å²) in [5.74, 6) is -0.0357. The van der Waals surface area contributed by atoms with Gasteiger partial charge in [0, 0.05) is 19.5 Å². The molecule has 0 aliphatic carbocycles. The first-order chi connectivity index (χ1) is 13.5. The minimum absolute atomic E-state index is 0.0357. The summed E-state index contributed by atoms with van der Waals surface area (Å²) in [6, 6.07) is 14.2. The number of nitrogens with zero attached hydrogens (tertiary/aromatic N) is 2.